The van der Waals surface area contributed by atoms with Gasteiger partial charge in [-0.1, -0.05) is 95.6 Å². The number of benzene rings is 2. The van der Waals surface area contributed by atoms with Crippen molar-refractivity contribution >= 4 is 34.9 Å². The summed E-state index contributed by atoms with van der Waals surface area (Å²) >= 11 is 0. The molecular formula is C51H60N2O6. The van der Waals surface area contributed by atoms with Crippen LogP contribution in [-0.4, -0.2) is 34.9 Å². The third-order valence-electron chi connectivity index (χ3n) is 13.8. The molecule has 8 nitrogen and oxygen atoms in total. The average Bonchev–Trinajstić information content (AvgIpc) is 3.25. The Morgan fingerprint density at radius 2 is 1.10 bits per heavy atom. The van der Waals surface area contributed by atoms with Gasteiger partial charge in [0.1, 0.15) is 5.92 Å². The van der Waals surface area contributed by atoms with E-state index in [9.17, 15) is 28.8 Å². The first-order valence-electron chi connectivity index (χ1n) is 22.4. The molecule has 7 rings (SSSR count). The number of hydrogen-bond acceptors (Lipinski definition) is 6. The maximum absolute atomic E-state index is 14.5. The van der Waals surface area contributed by atoms with E-state index >= 15 is 0 Å². The molecule has 1 unspecified atom stereocenters. The Labute approximate surface area is 349 Å². The van der Waals surface area contributed by atoms with E-state index in [1.807, 2.05) is 24.3 Å². The van der Waals surface area contributed by atoms with Crippen LogP contribution in [0.3, 0.4) is 0 Å². The zero-order valence-electron chi connectivity index (χ0n) is 35.1. The van der Waals surface area contributed by atoms with Gasteiger partial charge in [0, 0.05) is 34.5 Å². The minimum Gasteiger partial charge on any atom is -0.322 e. The zero-order valence-corrected chi connectivity index (χ0v) is 35.1. The molecule has 2 amide bonds. The molecular weight excluding hydrogens is 737 g/mol. The fourth-order valence-electron chi connectivity index (χ4n) is 10.2. The van der Waals surface area contributed by atoms with Crippen LogP contribution in [0.1, 0.15) is 174 Å². The molecule has 0 aromatic heterocycles. The summed E-state index contributed by atoms with van der Waals surface area (Å²) in [5, 5.41) is 5.63. The number of carbonyl (C=O) groups excluding carboxylic acids is 6. The number of amides is 2. The molecule has 2 saturated carbocycles. The lowest BCUT2D eigenvalue weighted by Gasteiger charge is -2.32. The average molecular weight is 797 g/mol. The van der Waals surface area contributed by atoms with Gasteiger partial charge in [0.25, 0.3) is 11.8 Å². The Bertz CT molecular complexity index is 2100. The second kappa shape index (κ2) is 18.9. The van der Waals surface area contributed by atoms with Crippen molar-refractivity contribution in [1.82, 2.24) is 10.6 Å². The molecule has 2 aromatic rings. The fraction of sp³-hybridized carbons (Fsp3) is 0.490. The van der Waals surface area contributed by atoms with E-state index in [0.717, 1.165) is 37.5 Å². The highest BCUT2D eigenvalue weighted by Gasteiger charge is 2.50. The molecule has 2 aromatic carbocycles. The van der Waals surface area contributed by atoms with E-state index < -0.39 is 40.9 Å². The van der Waals surface area contributed by atoms with Crippen LogP contribution < -0.4 is 10.6 Å². The second-order valence-electron chi connectivity index (χ2n) is 17.7. The summed E-state index contributed by atoms with van der Waals surface area (Å²) in [5.74, 6) is -2.72. The zero-order chi connectivity index (χ0) is 41.6. The number of allylic oxidation sites excluding steroid dienone is 6. The smallest absolute Gasteiger partial charge is 0.255 e. The fourth-order valence-corrected chi connectivity index (χ4v) is 10.2. The first kappa shape index (κ1) is 42.2. The molecule has 310 valence electrons. The summed E-state index contributed by atoms with van der Waals surface area (Å²) < 4.78 is 0. The molecule has 1 atom stereocenters. The number of ketones is 4. The predicted octanol–water partition coefficient (Wildman–Crippen LogP) is 10.3. The molecule has 5 aliphatic rings. The summed E-state index contributed by atoms with van der Waals surface area (Å²) in [6.45, 7) is 6.00. The Morgan fingerprint density at radius 1 is 0.610 bits per heavy atom. The van der Waals surface area contributed by atoms with Crippen molar-refractivity contribution in [2.75, 3.05) is 0 Å². The lowest BCUT2D eigenvalue weighted by Crippen LogP contribution is -2.45. The topological polar surface area (TPSA) is 126 Å². The van der Waals surface area contributed by atoms with Crippen molar-refractivity contribution in [1.29, 1.82) is 0 Å². The number of rotatable bonds is 14. The largest absolute Gasteiger partial charge is 0.322 e. The van der Waals surface area contributed by atoms with Crippen molar-refractivity contribution in [3.05, 3.63) is 117 Å². The quantitative estimate of drug-likeness (QED) is 0.111. The molecule has 0 saturated heterocycles. The van der Waals surface area contributed by atoms with Crippen molar-refractivity contribution in [3.63, 3.8) is 0 Å². The van der Waals surface area contributed by atoms with Crippen LogP contribution in [0, 0.1) is 17.8 Å². The van der Waals surface area contributed by atoms with Gasteiger partial charge in [-0.25, -0.2) is 0 Å². The first-order valence-corrected chi connectivity index (χ1v) is 22.4. The maximum Gasteiger partial charge on any atom is 0.255 e. The molecule has 0 aliphatic heterocycles. The van der Waals surface area contributed by atoms with Gasteiger partial charge in [0.15, 0.2) is 23.1 Å². The Hall–Kier alpha value is -4.98. The van der Waals surface area contributed by atoms with Crippen LogP contribution >= 0.6 is 0 Å². The second-order valence-corrected chi connectivity index (χ2v) is 17.7. The molecule has 0 radical (unpaired) electrons. The number of unbranched alkanes of at least 4 members (excludes halogenated alkanes) is 4. The number of fused-ring (bicyclic) bond motifs is 1. The van der Waals surface area contributed by atoms with Crippen LogP contribution in [0.15, 0.2) is 94.4 Å². The van der Waals surface area contributed by atoms with E-state index in [4.69, 9.17) is 0 Å². The SMILES string of the molecule is CCCCCC1CCC(c2ccc(C(=O)NC3=CCC(=O)C4=C3C(=O)C3=C(NC(=O)c5ccc(C6CCC(CCCCC)CC6)cc5)C=C(C)C(=O)C3C4=O)cc2)CC1. The van der Waals surface area contributed by atoms with Crippen LogP contribution in [0.2, 0.25) is 0 Å². The minimum absolute atomic E-state index is 0.0433. The highest BCUT2D eigenvalue weighted by Crippen LogP contribution is 2.42. The number of carbonyl (C=O) groups is 6. The maximum atomic E-state index is 14.5. The monoisotopic (exact) mass is 796 g/mol. The van der Waals surface area contributed by atoms with Gasteiger partial charge in [-0.3, -0.25) is 28.8 Å². The molecule has 59 heavy (non-hydrogen) atoms. The minimum atomic E-state index is -1.56. The number of hydrogen-bond donors (Lipinski definition) is 2. The highest BCUT2D eigenvalue weighted by molar-refractivity contribution is 6.40. The van der Waals surface area contributed by atoms with Gasteiger partial charge in [-0.15, -0.1) is 0 Å². The standard InChI is InChI=1S/C51H60N2O6/c1-4-6-8-10-32-12-16-34(17-13-32)36-20-24-38(25-21-36)50(58)52-40-28-29-42(54)45-43(40)48(56)44-41(30-31(3)47(55)46(44)49(45)57)53-51(59)39-26-22-37(23-27-39)35-18-14-33(15-19-35)11-9-7-5-2/h20-28,30,32-35,46H,4-19,29H2,1-3H3,(H,52,58)(H,53,59). The van der Waals surface area contributed by atoms with E-state index in [1.54, 1.807) is 24.3 Å². The van der Waals surface area contributed by atoms with Crippen LogP contribution in [0.4, 0.5) is 0 Å². The van der Waals surface area contributed by atoms with Gasteiger partial charge in [-0.05, 0) is 129 Å². The summed E-state index contributed by atoms with van der Waals surface area (Å²) in [5.41, 5.74) is 2.66. The number of Topliss-reactive ketones (excluding diaryl/α,β-unsaturated/α-hetero) is 4. The van der Waals surface area contributed by atoms with Crippen LogP contribution in [-0.2, 0) is 19.2 Å². The van der Waals surface area contributed by atoms with Gasteiger partial charge in [-0.2, -0.15) is 0 Å². The Balaban J connectivity index is 1.05. The van der Waals surface area contributed by atoms with E-state index in [2.05, 4.69) is 24.5 Å². The summed E-state index contributed by atoms with van der Waals surface area (Å²) in [7, 11) is 0. The molecule has 0 spiro atoms. The van der Waals surface area contributed by atoms with Gasteiger partial charge >= 0.3 is 0 Å². The molecule has 5 aliphatic carbocycles. The third kappa shape index (κ3) is 9.27. The van der Waals surface area contributed by atoms with Gasteiger partial charge in [0.05, 0.1) is 11.1 Å². The lowest BCUT2D eigenvalue weighted by atomic mass is 9.68. The molecule has 8 heteroatoms. The van der Waals surface area contributed by atoms with Crippen LogP contribution in [0.5, 0.6) is 0 Å². The highest BCUT2D eigenvalue weighted by atomic mass is 16.2. The Morgan fingerprint density at radius 3 is 1.59 bits per heavy atom. The van der Waals surface area contributed by atoms with Gasteiger partial charge in [0.2, 0.25) is 0 Å². The summed E-state index contributed by atoms with van der Waals surface area (Å²) in [6.07, 6.45) is 22.4. The molecule has 2 N–H and O–H groups in total. The van der Waals surface area contributed by atoms with Gasteiger partial charge < -0.3 is 10.6 Å². The third-order valence-corrected chi connectivity index (χ3v) is 13.8. The number of nitrogens with one attached hydrogen (secondary N) is 2. The van der Waals surface area contributed by atoms with E-state index in [0.29, 0.717) is 23.0 Å². The Kier molecular flexibility index (Phi) is 13.5. The molecule has 0 heterocycles. The van der Waals surface area contributed by atoms with Crippen molar-refractivity contribution in [2.24, 2.45) is 17.8 Å². The van der Waals surface area contributed by atoms with Crippen molar-refractivity contribution in [3.8, 4) is 0 Å². The summed E-state index contributed by atoms with van der Waals surface area (Å²) in [6, 6.07) is 15.1. The molecule has 2 fully saturated rings. The van der Waals surface area contributed by atoms with Crippen molar-refractivity contribution < 1.29 is 28.8 Å². The summed E-state index contributed by atoms with van der Waals surface area (Å²) in [4.78, 5) is 82.7. The predicted molar refractivity (Wildman–Crippen MR) is 230 cm³/mol. The normalized spacial score (nSPS) is 24.6. The van der Waals surface area contributed by atoms with E-state index in [-0.39, 0.29) is 40.1 Å². The first-order chi connectivity index (χ1) is 28.6. The molecule has 0 bridgehead atoms. The van der Waals surface area contributed by atoms with Crippen LogP contribution in [0.25, 0.3) is 0 Å². The lowest BCUT2D eigenvalue weighted by molar-refractivity contribution is -0.131. The van der Waals surface area contributed by atoms with E-state index in [1.165, 1.54) is 107 Å². The van der Waals surface area contributed by atoms with Crippen molar-refractivity contribution in [2.45, 2.75) is 142 Å².